The SMILES string of the molecule is [B]c1c(O)c(O)c(-c2cnc(-c3ccc(-c4ccccc4-c4cc(-c5ccccc5-c5ccc(-c6cc(C(C)(C)C)ccn6)cc5)cc(-c5ccccc5-c5ccc(-c6cc(C(C)(C)C)ccn6)cc5)c4)cc3)cc2C)c(O)c1O. The standard InChI is InChI=1S/C72H60BN3O4/c1-43-36-62(76-42-61(43)65-67(77)69(79)66(73)70(80)68(65)78)47-26-20-44(21-27-47)55-14-8-11-17-58(55)50-37-51(59-18-12-9-15-56(59)45-22-28-48(29-23-45)63-40-53(32-34-74-63)71(2,3)4)39-52(38-50)60-19-13-10-16-57(60)46-24-30-49(31-25-46)64-41-54(33-35-75-64)72(5,6)7/h8-42,77-80H,1-7H3. The fourth-order valence-corrected chi connectivity index (χ4v) is 10.6. The molecule has 8 heteroatoms. The summed E-state index contributed by atoms with van der Waals surface area (Å²) in [5.41, 5.74) is 21.3. The highest BCUT2D eigenvalue weighted by molar-refractivity contribution is 6.37. The Kier molecular flexibility index (Phi) is 13.8. The van der Waals surface area contributed by atoms with E-state index >= 15 is 0 Å². The second-order valence-electron chi connectivity index (χ2n) is 22.6. The molecule has 0 atom stereocenters. The van der Waals surface area contributed by atoms with Gasteiger partial charge in [0.25, 0.3) is 0 Å². The van der Waals surface area contributed by atoms with Gasteiger partial charge in [-0.2, -0.15) is 0 Å². The predicted molar refractivity (Wildman–Crippen MR) is 328 cm³/mol. The fraction of sp³-hybridized carbons (Fsp3) is 0.125. The molecule has 11 rings (SSSR count). The normalized spacial score (nSPS) is 11.7. The van der Waals surface area contributed by atoms with E-state index in [4.69, 9.17) is 17.8 Å². The fourth-order valence-electron chi connectivity index (χ4n) is 10.6. The van der Waals surface area contributed by atoms with Crippen LogP contribution in [0.3, 0.4) is 0 Å². The summed E-state index contributed by atoms with van der Waals surface area (Å²) in [5.74, 6) is -2.73. The second kappa shape index (κ2) is 21.0. The Morgan fingerprint density at radius 3 is 0.938 bits per heavy atom. The van der Waals surface area contributed by atoms with Crippen molar-refractivity contribution >= 4 is 13.3 Å². The minimum Gasteiger partial charge on any atom is -0.505 e. The molecule has 3 aromatic heterocycles. The maximum absolute atomic E-state index is 10.8. The zero-order chi connectivity index (χ0) is 56.0. The Bertz CT molecular complexity index is 3950. The van der Waals surface area contributed by atoms with Gasteiger partial charge in [-0.05, 0) is 155 Å². The van der Waals surface area contributed by atoms with Crippen LogP contribution in [-0.2, 0) is 10.8 Å². The molecule has 0 saturated heterocycles. The quantitative estimate of drug-likeness (QED) is 0.0612. The molecule has 0 saturated carbocycles. The largest absolute Gasteiger partial charge is 0.505 e. The Labute approximate surface area is 469 Å². The van der Waals surface area contributed by atoms with E-state index in [0.717, 1.165) is 94.8 Å². The lowest BCUT2D eigenvalue weighted by Gasteiger charge is -2.19. The lowest BCUT2D eigenvalue weighted by atomic mass is 9.85. The lowest BCUT2D eigenvalue weighted by Crippen LogP contribution is -2.11. The van der Waals surface area contributed by atoms with E-state index in [1.54, 1.807) is 6.92 Å². The number of hydrogen-bond donors (Lipinski definition) is 4. The molecular formula is C72H60BN3O4. The van der Waals surface area contributed by atoms with Gasteiger partial charge < -0.3 is 20.4 Å². The zero-order valence-corrected chi connectivity index (χ0v) is 45.9. The van der Waals surface area contributed by atoms with Gasteiger partial charge in [-0.1, -0.05) is 187 Å². The summed E-state index contributed by atoms with van der Waals surface area (Å²) in [5, 5.41) is 42.3. The van der Waals surface area contributed by atoms with Crippen molar-refractivity contribution in [1.29, 1.82) is 0 Å². The molecular weight excluding hydrogens is 982 g/mol. The summed E-state index contributed by atoms with van der Waals surface area (Å²) < 4.78 is 0. The van der Waals surface area contributed by atoms with Crippen molar-refractivity contribution in [3.8, 4) is 135 Å². The summed E-state index contributed by atoms with van der Waals surface area (Å²) in [4.78, 5) is 14.2. The molecule has 3 heterocycles. The Hall–Kier alpha value is -9.53. The predicted octanol–water partition coefficient (Wildman–Crippen LogP) is 17.1. The van der Waals surface area contributed by atoms with Crippen molar-refractivity contribution in [2.45, 2.75) is 59.3 Å². The lowest BCUT2D eigenvalue weighted by molar-refractivity contribution is 0.380. The molecule has 2 radical (unpaired) electrons. The number of hydrogen-bond acceptors (Lipinski definition) is 7. The number of rotatable bonds is 10. The van der Waals surface area contributed by atoms with Crippen LogP contribution >= 0.6 is 0 Å². The summed E-state index contributed by atoms with van der Waals surface area (Å²) in [6.45, 7) is 15.1. The van der Waals surface area contributed by atoms with Crippen molar-refractivity contribution in [3.05, 3.63) is 229 Å². The Balaban J connectivity index is 1.00. The number of aromatic hydroxyl groups is 4. The third kappa shape index (κ3) is 10.2. The first-order valence-electron chi connectivity index (χ1n) is 26.8. The van der Waals surface area contributed by atoms with E-state index < -0.39 is 28.5 Å². The summed E-state index contributed by atoms with van der Waals surface area (Å²) >= 11 is 0. The summed E-state index contributed by atoms with van der Waals surface area (Å²) in [6, 6.07) is 68.9. The maximum Gasteiger partial charge on any atom is 0.168 e. The summed E-state index contributed by atoms with van der Waals surface area (Å²) in [7, 11) is 5.70. The van der Waals surface area contributed by atoms with Gasteiger partial charge >= 0.3 is 0 Å². The third-order valence-electron chi connectivity index (χ3n) is 15.2. The number of pyridine rings is 3. The van der Waals surface area contributed by atoms with E-state index in [2.05, 4.69) is 222 Å². The average Bonchev–Trinajstić information content (AvgIpc) is 3.55. The molecule has 390 valence electrons. The first kappa shape index (κ1) is 52.5. The molecule has 0 unspecified atom stereocenters. The van der Waals surface area contributed by atoms with Gasteiger partial charge in [-0.3, -0.25) is 15.0 Å². The van der Waals surface area contributed by atoms with Gasteiger partial charge in [0.05, 0.1) is 22.6 Å². The minimum absolute atomic E-state index is 0.00430. The van der Waals surface area contributed by atoms with Gasteiger partial charge in [0.15, 0.2) is 23.0 Å². The van der Waals surface area contributed by atoms with Crippen molar-refractivity contribution in [2.24, 2.45) is 0 Å². The molecule has 0 fully saturated rings. The smallest absolute Gasteiger partial charge is 0.168 e. The van der Waals surface area contributed by atoms with Crippen molar-refractivity contribution < 1.29 is 20.4 Å². The van der Waals surface area contributed by atoms with Crippen LogP contribution in [0.25, 0.3) is 112 Å². The van der Waals surface area contributed by atoms with Crippen LogP contribution in [-0.4, -0.2) is 43.2 Å². The van der Waals surface area contributed by atoms with Crippen LogP contribution in [0.15, 0.2) is 213 Å². The number of aryl methyl sites for hydroxylation is 1. The monoisotopic (exact) mass is 1040 g/mol. The van der Waals surface area contributed by atoms with Crippen LogP contribution in [0.4, 0.5) is 0 Å². The zero-order valence-electron chi connectivity index (χ0n) is 45.9. The Morgan fingerprint density at radius 1 is 0.325 bits per heavy atom. The first-order valence-corrected chi connectivity index (χ1v) is 26.8. The molecule has 0 bridgehead atoms. The summed E-state index contributed by atoms with van der Waals surface area (Å²) in [6.07, 6.45) is 5.31. The van der Waals surface area contributed by atoms with Crippen LogP contribution < -0.4 is 5.46 Å². The van der Waals surface area contributed by atoms with Gasteiger partial charge in [0.2, 0.25) is 0 Å². The maximum atomic E-state index is 10.8. The van der Waals surface area contributed by atoms with Gasteiger partial charge in [-0.15, -0.1) is 0 Å². The molecule has 0 spiro atoms. The number of aromatic nitrogens is 3. The molecule has 7 nitrogen and oxygen atoms in total. The van der Waals surface area contributed by atoms with Crippen LogP contribution in [0.2, 0.25) is 0 Å². The number of benzene rings is 8. The van der Waals surface area contributed by atoms with Crippen LogP contribution in [0, 0.1) is 6.92 Å². The van der Waals surface area contributed by atoms with Gasteiger partial charge in [0.1, 0.15) is 7.85 Å². The van der Waals surface area contributed by atoms with Crippen LogP contribution in [0.1, 0.15) is 58.2 Å². The Morgan fingerprint density at radius 2 is 0.625 bits per heavy atom. The minimum atomic E-state index is -0.719. The van der Waals surface area contributed by atoms with Gasteiger partial charge in [-0.25, -0.2) is 0 Å². The van der Waals surface area contributed by atoms with Crippen molar-refractivity contribution in [1.82, 2.24) is 15.0 Å². The first-order chi connectivity index (χ1) is 38.4. The highest BCUT2D eigenvalue weighted by Gasteiger charge is 2.24. The molecule has 8 aromatic carbocycles. The van der Waals surface area contributed by atoms with E-state index in [1.807, 2.05) is 30.6 Å². The van der Waals surface area contributed by atoms with Crippen LogP contribution in [0.5, 0.6) is 23.0 Å². The van der Waals surface area contributed by atoms with E-state index in [1.165, 1.54) is 17.3 Å². The highest BCUT2D eigenvalue weighted by atomic mass is 16.3. The number of phenols is 4. The average molecular weight is 1040 g/mol. The molecule has 4 N–H and O–H groups in total. The van der Waals surface area contributed by atoms with Crippen molar-refractivity contribution in [2.75, 3.05) is 0 Å². The van der Waals surface area contributed by atoms with E-state index in [9.17, 15) is 20.4 Å². The topological polar surface area (TPSA) is 120 Å². The highest BCUT2D eigenvalue weighted by Crippen LogP contribution is 2.48. The number of nitrogens with zero attached hydrogens (tertiary/aromatic N) is 3. The van der Waals surface area contributed by atoms with E-state index in [0.29, 0.717) is 16.8 Å². The molecule has 80 heavy (non-hydrogen) atoms. The number of phenolic OH excluding ortho intramolecular Hbond substituents is 4. The third-order valence-corrected chi connectivity index (χ3v) is 15.2. The molecule has 0 aliphatic rings. The second-order valence-corrected chi connectivity index (χ2v) is 22.6. The molecule has 0 aliphatic heterocycles. The molecule has 0 amide bonds. The van der Waals surface area contributed by atoms with Crippen molar-refractivity contribution in [3.63, 3.8) is 0 Å². The molecule has 0 aliphatic carbocycles. The van der Waals surface area contributed by atoms with E-state index in [-0.39, 0.29) is 16.4 Å². The van der Waals surface area contributed by atoms with Gasteiger partial charge in [0, 0.05) is 40.8 Å². The molecule has 11 aromatic rings.